The van der Waals surface area contributed by atoms with Crippen LogP contribution in [-0.2, 0) is 22.6 Å². The second-order valence-electron chi connectivity index (χ2n) is 7.54. The van der Waals surface area contributed by atoms with E-state index in [-0.39, 0.29) is 17.4 Å². The quantitative estimate of drug-likeness (QED) is 0.510. The first-order valence-corrected chi connectivity index (χ1v) is 11.2. The number of carbonyl (C=O) groups is 3. The number of thiocarbonyl (C=S) groups is 1. The van der Waals surface area contributed by atoms with Crippen molar-refractivity contribution in [3.05, 3.63) is 40.1 Å². The average Bonchev–Trinajstić information content (AvgIpc) is 3.19. The Morgan fingerprint density at radius 2 is 2.00 bits per heavy atom. The lowest BCUT2D eigenvalue weighted by Gasteiger charge is -2.22. The minimum atomic E-state index is -0.923. The van der Waals surface area contributed by atoms with Crippen LogP contribution >= 0.6 is 23.6 Å². The van der Waals surface area contributed by atoms with Crippen molar-refractivity contribution in [2.75, 3.05) is 39.5 Å². The van der Waals surface area contributed by atoms with Gasteiger partial charge in [0.2, 0.25) is 5.91 Å². The van der Waals surface area contributed by atoms with E-state index in [2.05, 4.69) is 30.8 Å². The Kier molecular flexibility index (Phi) is 7.83. The van der Waals surface area contributed by atoms with E-state index in [1.165, 1.54) is 16.2 Å². The van der Waals surface area contributed by atoms with E-state index in [9.17, 15) is 14.4 Å². The van der Waals surface area contributed by atoms with Gasteiger partial charge >= 0.3 is 0 Å². The van der Waals surface area contributed by atoms with E-state index < -0.39 is 17.9 Å². The summed E-state index contributed by atoms with van der Waals surface area (Å²) in [5.41, 5.74) is 1.47. The van der Waals surface area contributed by atoms with Gasteiger partial charge in [-0.3, -0.25) is 19.4 Å². The van der Waals surface area contributed by atoms with Crippen LogP contribution in [0.15, 0.2) is 24.5 Å². The van der Waals surface area contributed by atoms with E-state index in [0.717, 1.165) is 30.1 Å². The van der Waals surface area contributed by atoms with Crippen molar-refractivity contribution in [1.29, 1.82) is 0 Å². The molecule has 0 fully saturated rings. The van der Waals surface area contributed by atoms with E-state index in [4.69, 9.17) is 12.2 Å². The molecule has 0 saturated heterocycles. The first-order valence-electron chi connectivity index (χ1n) is 9.93. The molecular weight excluding hydrogens is 450 g/mol. The van der Waals surface area contributed by atoms with Crippen LogP contribution in [0.3, 0.4) is 0 Å². The van der Waals surface area contributed by atoms with Crippen LogP contribution in [0.1, 0.15) is 20.4 Å². The summed E-state index contributed by atoms with van der Waals surface area (Å²) in [6.07, 6.45) is 3.88. The Balaban J connectivity index is 1.62. The minimum absolute atomic E-state index is 0.0425. The summed E-state index contributed by atoms with van der Waals surface area (Å²) >= 11 is 6.47. The van der Waals surface area contributed by atoms with E-state index in [0.29, 0.717) is 10.7 Å². The minimum Gasteiger partial charge on any atom is -0.369 e. The van der Waals surface area contributed by atoms with Crippen molar-refractivity contribution in [2.24, 2.45) is 0 Å². The summed E-state index contributed by atoms with van der Waals surface area (Å²) in [5, 5.41) is 8.45. The van der Waals surface area contributed by atoms with Crippen LogP contribution in [0, 0.1) is 0 Å². The second kappa shape index (κ2) is 10.6. The summed E-state index contributed by atoms with van der Waals surface area (Å²) in [5.74, 6) is -1.28. The van der Waals surface area contributed by atoms with Gasteiger partial charge in [-0.15, -0.1) is 11.3 Å². The van der Waals surface area contributed by atoms with Gasteiger partial charge in [-0.1, -0.05) is 12.2 Å². The Bertz CT molecular complexity index is 1010. The van der Waals surface area contributed by atoms with Gasteiger partial charge in [-0.05, 0) is 19.2 Å². The van der Waals surface area contributed by atoms with Crippen LogP contribution in [0.25, 0.3) is 0 Å². The molecule has 3 heterocycles. The monoisotopic (exact) mass is 475 g/mol. The molecule has 3 amide bonds. The van der Waals surface area contributed by atoms with Gasteiger partial charge in [-0.2, -0.15) is 0 Å². The summed E-state index contributed by atoms with van der Waals surface area (Å²) < 4.78 is 0. The number of hydrogen-bond donors (Lipinski definition) is 3. The highest BCUT2D eigenvalue weighted by molar-refractivity contribution is 7.82. The molecule has 1 unspecified atom stereocenters. The fourth-order valence-electron chi connectivity index (χ4n) is 3.05. The topological polar surface area (TPSA) is 120 Å². The molecule has 0 saturated carbocycles. The number of rotatable bonds is 6. The number of likely N-dealkylation sites (N-methyl/N-ethyl adjacent to an activating group) is 2. The molecule has 0 bridgehead atoms. The molecule has 0 aliphatic carbocycles. The van der Waals surface area contributed by atoms with Gasteiger partial charge < -0.3 is 25.8 Å². The predicted octanol–water partition coefficient (Wildman–Crippen LogP) is 0.268. The highest BCUT2D eigenvalue weighted by Crippen LogP contribution is 2.24. The third-order valence-corrected chi connectivity index (χ3v) is 6.18. The van der Waals surface area contributed by atoms with Crippen LogP contribution < -0.4 is 16.0 Å². The van der Waals surface area contributed by atoms with Crippen molar-refractivity contribution >= 4 is 52.0 Å². The standard InChI is InChI=1S/C20H25N7O3S2/c1-26(2)20(30)14(10-22-18(31)16(28)23-12-4-7-21-8-5-12)24-17(29)19-25-13-6-9-27(3)11-15(13)32-19/h4-5,7-8,14H,6,9-11H2,1-3H3,(H,22,31)(H,24,29)(H,21,23,28). The molecule has 1 aliphatic rings. The smallest absolute Gasteiger partial charge is 0.283 e. The van der Waals surface area contributed by atoms with Crippen LogP contribution in [-0.4, -0.2) is 82.8 Å². The Labute approximate surface area is 195 Å². The van der Waals surface area contributed by atoms with Gasteiger partial charge in [-0.25, -0.2) is 4.98 Å². The SMILES string of the molecule is CN1CCc2nc(C(=O)NC(CNC(=S)C(=O)Nc3ccncc3)C(=O)N(C)C)sc2C1. The van der Waals surface area contributed by atoms with Gasteiger partial charge in [0, 0.05) is 63.1 Å². The summed E-state index contributed by atoms with van der Waals surface area (Å²) in [4.78, 5) is 50.5. The third-order valence-electron chi connectivity index (χ3n) is 4.77. The number of nitrogens with one attached hydrogen (secondary N) is 3. The summed E-state index contributed by atoms with van der Waals surface area (Å²) in [6.45, 7) is 1.60. The molecule has 12 heteroatoms. The van der Waals surface area contributed by atoms with Gasteiger partial charge in [0.25, 0.3) is 11.8 Å². The molecule has 0 aromatic carbocycles. The summed E-state index contributed by atoms with van der Waals surface area (Å²) in [7, 11) is 5.20. The van der Waals surface area contributed by atoms with E-state index >= 15 is 0 Å². The molecule has 10 nitrogen and oxygen atoms in total. The molecule has 3 N–H and O–H groups in total. The number of pyridine rings is 1. The molecule has 2 aromatic rings. The normalized spacial score (nSPS) is 14.1. The molecule has 3 rings (SSSR count). The Morgan fingerprint density at radius 1 is 1.28 bits per heavy atom. The van der Waals surface area contributed by atoms with Gasteiger partial charge in [0.15, 0.2) is 10.00 Å². The Hall–Kier alpha value is -2.96. The number of nitrogens with zero attached hydrogens (tertiary/aromatic N) is 4. The largest absolute Gasteiger partial charge is 0.369 e. The highest BCUT2D eigenvalue weighted by Gasteiger charge is 2.27. The lowest BCUT2D eigenvalue weighted by molar-refractivity contribution is -0.130. The van der Waals surface area contributed by atoms with Crippen LogP contribution in [0.5, 0.6) is 0 Å². The van der Waals surface area contributed by atoms with Gasteiger partial charge in [0.1, 0.15) is 6.04 Å². The number of hydrogen-bond acceptors (Lipinski definition) is 8. The first-order chi connectivity index (χ1) is 15.2. The fraction of sp³-hybridized carbons (Fsp3) is 0.400. The maximum absolute atomic E-state index is 12.8. The first kappa shape index (κ1) is 23.7. The molecule has 0 radical (unpaired) electrons. The molecule has 32 heavy (non-hydrogen) atoms. The maximum atomic E-state index is 12.8. The van der Waals surface area contributed by atoms with Crippen molar-refractivity contribution in [3.63, 3.8) is 0 Å². The molecule has 1 atom stereocenters. The molecule has 2 aromatic heterocycles. The fourth-order valence-corrected chi connectivity index (χ4v) is 4.28. The zero-order valence-electron chi connectivity index (χ0n) is 18.0. The number of amides is 3. The number of anilines is 1. The van der Waals surface area contributed by atoms with Crippen LogP contribution in [0.4, 0.5) is 5.69 Å². The lowest BCUT2D eigenvalue weighted by atomic mass is 10.2. The van der Waals surface area contributed by atoms with Crippen molar-refractivity contribution in [3.8, 4) is 0 Å². The molecule has 170 valence electrons. The lowest BCUT2D eigenvalue weighted by Crippen LogP contribution is -2.53. The summed E-state index contributed by atoms with van der Waals surface area (Å²) in [6, 6.07) is 2.34. The van der Waals surface area contributed by atoms with Crippen LogP contribution in [0.2, 0.25) is 0 Å². The number of aromatic nitrogens is 2. The number of thiazole rings is 1. The van der Waals surface area contributed by atoms with Crippen molar-refractivity contribution in [2.45, 2.75) is 19.0 Å². The second-order valence-corrected chi connectivity index (χ2v) is 9.03. The van der Waals surface area contributed by atoms with Gasteiger partial charge in [0.05, 0.1) is 5.69 Å². The maximum Gasteiger partial charge on any atom is 0.283 e. The highest BCUT2D eigenvalue weighted by atomic mass is 32.1. The molecular formula is C20H25N7O3S2. The average molecular weight is 476 g/mol. The predicted molar refractivity (Wildman–Crippen MR) is 126 cm³/mol. The number of fused-ring (bicyclic) bond motifs is 1. The molecule has 1 aliphatic heterocycles. The van der Waals surface area contributed by atoms with Crippen molar-refractivity contribution < 1.29 is 14.4 Å². The Morgan fingerprint density at radius 3 is 2.69 bits per heavy atom. The third kappa shape index (κ3) is 6.05. The molecule has 0 spiro atoms. The van der Waals surface area contributed by atoms with E-state index in [1.807, 2.05) is 7.05 Å². The zero-order valence-corrected chi connectivity index (χ0v) is 19.7. The number of carbonyl (C=O) groups excluding carboxylic acids is 3. The van der Waals surface area contributed by atoms with Crippen molar-refractivity contribution in [1.82, 2.24) is 30.4 Å². The van der Waals surface area contributed by atoms with E-state index in [1.54, 1.807) is 38.6 Å². The zero-order chi connectivity index (χ0) is 23.3.